The Morgan fingerprint density at radius 1 is 1.14 bits per heavy atom. The summed E-state index contributed by atoms with van der Waals surface area (Å²) in [6, 6.07) is 5.63. The zero-order valence-corrected chi connectivity index (χ0v) is 15.4. The lowest BCUT2D eigenvalue weighted by Gasteiger charge is -2.19. The van der Waals surface area contributed by atoms with Gasteiger partial charge < -0.3 is 9.47 Å². The quantitative estimate of drug-likeness (QED) is 0.680. The van der Waals surface area contributed by atoms with Crippen molar-refractivity contribution in [1.82, 2.24) is 0 Å². The normalized spacial score (nSPS) is 12.2. The topological polar surface area (TPSA) is 52.6 Å². The first-order valence-corrected chi connectivity index (χ1v) is 9.65. The van der Waals surface area contributed by atoms with E-state index in [4.69, 9.17) is 9.47 Å². The second-order valence-electron chi connectivity index (χ2n) is 5.63. The van der Waals surface area contributed by atoms with Gasteiger partial charge in [-0.15, -0.1) is 0 Å². The maximum Gasteiger partial charge on any atom is 0.161 e. The number of rotatable bonds is 7. The Labute approximate surface area is 135 Å². The molecule has 0 aliphatic rings. The van der Waals surface area contributed by atoms with Crippen molar-refractivity contribution >= 4 is 25.8 Å². The van der Waals surface area contributed by atoms with Gasteiger partial charge in [0.2, 0.25) is 0 Å². The molecule has 21 heavy (non-hydrogen) atoms. The van der Waals surface area contributed by atoms with Crippen molar-refractivity contribution in [2.24, 2.45) is 0 Å². The van der Waals surface area contributed by atoms with Gasteiger partial charge in [0, 0.05) is 5.33 Å². The molecule has 0 radical (unpaired) electrons. The van der Waals surface area contributed by atoms with Crippen LogP contribution in [0.5, 0.6) is 11.5 Å². The molecule has 0 aliphatic heterocycles. The third-order valence-electron chi connectivity index (χ3n) is 3.00. The van der Waals surface area contributed by atoms with E-state index in [0.29, 0.717) is 18.1 Å². The van der Waals surface area contributed by atoms with Gasteiger partial charge in [0.1, 0.15) is 6.61 Å². The third-order valence-corrected chi connectivity index (χ3v) is 6.22. The fourth-order valence-electron chi connectivity index (χ4n) is 1.59. The maximum absolute atomic E-state index is 12.0. The van der Waals surface area contributed by atoms with Crippen molar-refractivity contribution in [2.45, 2.75) is 37.8 Å². The summed E-state index contributed by atoms with van der Waals surface area (Å²) in [5, 5.41) is 0.728. The van der Waals surface area contributed by atoms with Crippen LogP contribution in [0.2, 0.25) is 0 Å². The summed E-state index contributed by atoms with van der Waals surface area (Å²) in [5.41, 5.74) is 1.08. The second kappa shape index (κ2) is 7.49. The van der Waals surface area contributed by atoms with Gasteiger partial charge in [0.05, 0.1) is 17.1 Å². The number of halogens is 1. The van der Waals surface area contributed by atoms with Crippen molar-refractivity contribution < 1.29 is 17.9 Å². The average molecular weight is 379 g/mol. The lowest BCUT2D eigenvalue weighted by atomic mass is 10.2. The van der Waals surface area contributed by atoms with Crippen LogP contribution >= 0.6 is 15.9 Å². The van der Waals surface area contributed by atoms with Gasteiger partial charge in [0.15, 0.2) is 21.3 Å². The molecule has 0 heterocycles. The summed E-state index contributed by atoms with van der Waals surface area (Å²) in [6.45, 7) is 7.63. The molecule has 0 aliphatic carbocycles. The standard InChI is InChI=1S/C15H23BrO4S/c1-5-19-14-10-12(11-16)6-7-13(14)20-8-9-21(17,18)15(2,3)4/h6-7,10H,5,8-9,11H2,1-4H3. The molecule has 0 spiro atoms. The van der Waals surface area contributed by atoms with Crippen molar-refractivity contribution in [1.29, 1.82) is 0 Å². The summed E-state index contributed by atoms with van der Waals surface area (Å²) in [5.74, 6) is 1.20. The first-order valence-electron chi connectivity index (χ1n) is 6.88. The molecule has 0 aromatic heterocycles. The predicted molar refractivity (Wildman–Crippen MR) is 89.3 cm³/mol. The van der Waals surface area contributed by atoms with Crippen molar-refractivity contribution in [2.75, 3.05) is 19.0 Å². The van der Waals surface area contributed by atoms with Gasteiger partial charge in [-0.25, -0.2) is 8.42 Å². The maximum atomic E-state index is 12.0. The molecule has 120 valence electrons. The predicted octanol–water partition coefficient (Wildman–Crippen LogP) is 3.57. The summed E-state index contributed by atoms with van der Waals surface area (Å²) in [4.78, 5) is 0. The minimum atomic E-state index is -3.18. The van der Waals surface area contributed by atoms with Gasteiger partial charge >= 0.3 is 0 Å². The number of hydrogen-bond donors (Lipinski definition) is 0. The zero-order valence-electron chi connectivity index (χ0n) is 13.0. The third kappa shape index (κ3) is 5.18. The summed E-state index contributed by atoms with van der Waals surface area (Å²) in [7, 11) is -3.18. The Hall–Kier alpha value is -0.750. The molecule has 1 rings (SSSR count). The van der Waals surface area contributed by atoms with Crippen molar-refractivity contribution in [3.63, 3.8) is 0 Å². The highest BCUT2D eigenvalue weighted by Crippen LogP contribution is 2.29. The largest absolute Gasteiger partial charge is 0.490 e. The molecule has 0 saturated carbocycles. The van der Waals surface area contributed by atoms with Crippen molar-refractivity contribution in [3.8, 4) is 11.5 Å². The molecule has 0 unspecified atom stereocenters. The molecule has 1 aromatic carbocycles. The minimum absolute atomic E-state index is 0.0116. The monoisotopic (exact) mass is 378 g/mol. The van der Waals surface area contributed by atoms with E-state index >= 15 is 0 Å². The molecule has 0 atom stereocenters. The molecule has 0 N–H and O–H groups in total. The van der Waals surface area contributed by atoms with E-state index in [1.807, 2.05) is 25.1 Å². The number of sulfone groups is 1. The highest BCUT2D eigenvalue weighted by molar-refractivity contribution is 9.08. The van der Waals surface area contributed by atoms with E-state index in [1.165, 1.54) is 0 Å². The Bertz CT molecular complexity index is 562. The lowest BCUT2D eigenvalue weighted by Crippen LogP contribution is -2.32. The van der Waals surface area contributed by atoms with Crippen LogP contribution in [0.4, 0.5) is 0 Å². The number of benzene rings is 1. The summed E-state index contributed by atoms with van der Waals surface area (Å²) in [6.07, 6.45) is 0. The van der Waals surface area contributed by atoms with E-state index < -0.39 is 14.6 Å². The Balaban J connectivity index is 2.76. The highest BCUT2D eigenvalue weighted by atomic mass is 79.9. The minimum Gasteiger partial charge on any atom is -0.490 e. The molecule has 0 fully saturated rings. The van der Waals surface area contributed by atoms with Crippen LogP contribution < -0.4 is 9.47 Å². The van der Waals surface area contributed by atoms with Crippen LogP contribution in [0, 0.1) is 0 Å². The average Bonchev–Trinajstić information content (AvgIpc) is 2.39. The number of hydrogen-bond acceptors (Lipinski definition) is 4. The van der Waals surface area contributed by atoms with E-state index in [9.17, 15) is 8.42 Å². The van der Waals surface area contributed by atoms with Gasteiger partial charge in [-0.2, -0.15) is 0 Å². The van der Waals surface area contributed by atoms with Crippen molar-refractivity contribution in [3.05, 3.63) is 23.8 Å². The molecular weight excluding hydrogens is 356 g/mol. The van der Waals surface area contributed by atoms with Crippen LogP contribution in [-0.2, 0) is 15.2 Å². The first-order chi connectivity index (χ1) is 9.71. The highest BCUT2D eigenvalue weighted by Gasteiger charge is 2.28. The molecule has 4 nitrogen and oxygen atoms in total. The fraction of sp³-hybridized carbons (Fsp3) is 0.600. The molecule has 1 aromatic rings. The van der Waals surface area contributed by atoms with Gasteiger partial charge in [-0.05, 0) is 45.4 Å². The van der Waals surface area contributed by atoms with E-state index in [0.717, 1.165) is 10.9 Å². The van der Waals surface area contributed by atoms with Crippen LogP contribution in [-0.4, -0.2) is 32.1 Å². The van der Waals surface area contributed by atoms with E-state index in [2.05, 4.69) is 15.9 Å². The zero-order chi connectivity index (χ0) is 16.1. The summed E-state index contributed by atoms with van der Waals surface area (Å²) >= 11 is 3.39. The van der Waals surface area contributed by atoms with Gasteiger partial charge in [-0.3, -0.25) is 0 Å². The molecule has 6 heteroatoms. The SMILES string of the molecule is CCOc1cc(CBr)ccc1OCCS(=O)(=O)C(C)(C)C. The fourth-order valence-corrected chi connectivity index (χ4v) is 2.85. The summed E-state index contributed by atoms with van der Waals surface area (Å²) < 4.78 is 34.4. The van der Waals surface area contributed by atoms with Crippen LogP contribution in [0.1, 0.15) is 33.3 Å². The molecule has 0 bridgehead atoms. The van der Waals surface area contributed by atoms with Crippen LogP contribution in [0.15, 0.2) is 18.2 Å². The number of ether oxygens (including phenoxy) is 2. The lowest BCUT2D eigenvalue weighted by molar-refractivity contribution is 0.287. The van der Waals surface area contributed by atoms with Gasteiger partial charge in [-0.1, -0.05) is 22.0 Å². The molecular formula is C15H23BrO4S. The van der Waals surface area contributed by atoms with E-state index in [-0.39, 0.29) is 12.4 Å². The van der Waals surface area contributed by atoms with Gasteiger partial charge in [0.25, 0.3) is 0 Å². The van der Waals surface area contributed by atoms with E-state index in [1.54, 1.807) is 20.8 Å². The van der Waals surface area contributed by atoms with Crippen LogP contribution in [0.3, 0.4) is 0 Å². The molecule has 0 saturated heterocycles. The van der Waals surface area contributed by atoms with Crippen LogP contribution in [0.25, 0.3) is 0 Å². The second-order valence-corrected chi connectivity index (χ2v) is 9.05. The Morgan fingerprint density at radius 2 is 1.81 bits per heavy atom. The molecule has 0 amide bonds. The Kier molecular flexibility index (Phi) is 6.53. The first kappa shape index (κ1) is 18.3. The Morgan fingerprint density at radius 3 is 2.33 bits per heavy atom. The number of alkyl halides is 1. The smallest absolute Gasteiger partial charge is 0.161 e.